The van der Waals surface area contributed by atoms with Crippen LogP contribution >= 0.6 is 0 Å². The molecule has 0 heterocycles. The maximum absolute atomic E-state index is 8.94. The van der Waals surface area contributed by atoms with Crippen LogP contribution in [0.4, 0.5) is 0 Å². The molecular weight excluding hydrogens is 404 g/mol. The standard InChI is InChI=1S/C31H52O2/c1-22(2)9-8-10-23(3)27-13-14-28-26-12-11-24-21-25(33-20-7-6-19-32)15-17-30(24,4)29(26)16-18-31(27,28)5/h6-7,11,22-23,25-29,32H,8-10,12-21H2,1-5H3/b7-6+/t23?,25-,26?,27+,28?,29?,30-,31+/m0/s1. The first kappa shape index (κ1) is 25.5. The summed E-state index contributed by atoms with van der Waals surface area (Å²) in [6, 6.07) is 0. The summed E-state index contributed by atoms with van der Waals surface area (Å²) < 4.78 is 6.15. The molecule has 4 aliphatic rings. The van der Waals surface area contributed by atoms with Gasteiger partial charge in [-0.05, 0) is 97.7 Å². The minimum absolute atomic E-state index is 0.109. The summed E-state index contributed by atoms with van der Waals surface area (Å²) >= 11 is 0. The van der Waals surface area contributed by atoms with Gasteiger partial charge < -0.3 is 9.84 Å². The first-order valence-electron chi connectivity index (χ1n) is 14.4. The molecule has 2 nitrogen and oxygen atoms in total. The Balaban J connectivity index is 1.41. The Morgan fingerprint density at radius 1 is 1.03 bits per heavy atom. The van der Waals surface area contributed by atoms with Crippen molar-refractivity contribution in [3.8, 4) is 0 Å². The first-order chi connectivity index (χ1) is 15.8. The predicted octanol–water partition coefficient (Wildman–Crippen LogP) is 7.96. The van der Waals surface area contributed by atoms with Gasteiger partial charge in [0.2, 0.25) is 0 Å². The van der Waals surface area contributed by atoms with Crippen LogP contribution in [0, 0.1) is 46.3 Å². The lowest BCUT2D eigenvalue weighted by Crippen LogP contribution is -2.51. The van der Waals surface area contributed by atoms with Gasteiger partial charge in [0.15, 0.2) is 0 Å². The van der Waals surface area contributed by atoms with Gasteiger partial charge in [-0.1, -0.05) is 77.7 Å². The molecule has 0 bridgehead atoms. The summed E-state index contributed by atoms with van der Waals surface area (Å²) in [5, 5.41) is 8.94. The maximum atomic E-state index is 8.94. The van der Waals surface area contributed by atoms with Gasteiger partial charge in [-0.2, -0.15) is 0 Å². The molecule has 4 unspecified atom stereocenters. The minimum Gasteiger partial charge on any atom is -0.392 e. The van der Waals surface area contributed by atoms with E-state index in [9.17, 15) is 0 Å². The topological polar surface area (TPSA) is 29.5 Å². The molecule has 3 fully saturated rings. The van der Waals surface area contributed by atoms with Crippen molar-refractivity contribution >= 4 is 0 Å². The third kappa shape index (κ3) is 5.04. The number of aliphatic hydroxyl groups excluding tert-OH is 1. The highest BCUT2D eigenvalue weighted by Crippen LogP contribution is 2.67. The van der Waals surface area contributed by atoms with Crippen LogP contribution in [0.3, 0.4) is 0 Å². The van der Waals surface area contributed by atoms with E-state index in [1.54, 1.807) is 11.6 Å². The van der Waals surface area contributed by atoms with Crippen LogP contribution in [0.5, 0.6) is 0 Å². The van der Waals surface area contributed by atoms with Crippen molar-refractivity contribution in [2.75, 3.05) is 13.2 Å². The van der Waals surface area contributed by atoms with Gasteiger partial charge in [-0.15, -0.1) is 0 Å². The fourth-order valence-electron chi connectivity index (χ4n) is 9.13. The molecule has 4 rings (SSSR count). The third-order valence-corrected chi connectivity index (χ3v) is 11.0. The molecule has 2 heteroatoms. The molecular formula is C31H52O2. The molecule has 0 aromatic carbocycles. The van der Waals surface area contributed by atoms with E-state index in [4.69, 9.17) is 9.84 Å². The molecule has 0 saturated heterocycles. The van der Waals surface area contributed by atoms with Crippen molar-refractivity contribution in [3.05, 3.63) is 23.8 Å². The average molecular weight is 457 g/mol. The van der Waals surface area contributed by atoms with Gasteiger partial charge in [-0.3, -0.25) is 0 Å². The van der Waals surface area contributed by atoms with Crippen molar-refractivity contribution in [2.45, 2.75) is 111 Å². The van der Waals surface area contributed by atoms with Crippen molar-refractivity contribution in [1.82, 2.24) is 0 Å². The van der Waals surface area contributed by atoms with Crippen molar-refractivity contribution in [1.29, 1.82) is 0 Å². The SMILES string of the molecule is CC(C)CCCC(C)[C@H]1CCC2C3CC=C4C[C@@H](OC/C=C/CO)CC[C@]4(C)C3CC[C@@]21C. The molecule has 0 aromatic heterocycles. The smallest absolute Gasteiger partial charge is 0.0652 e. The van der Waals surface area contributed by atoms with Crippen molar-refractivity contribution in [3.63, 3.8) is 0 Å². The van der Waals surface area contributed by atoms with Gasteiger partial charge in [0.05, 0.1) is 19.3 Å². The summed E-state index contributed by atoms with van der Waals surface area (Å²) in [5.74, 6) is 5.44. The van der Waals surface area contributed by atoms with Crippen LogP contribution in [0.25, 0.3) is 0 Å². The number of rotatable bonds is 9. The molecule has 1 N–H and O–H groups in total. The number of allylic oxidation sites excluding steroid dienone is 1. The monoisotopic (exact) mass is 456 g/mol. The van der Waals surface area contributed by atoms with Gasteiger partial charge in [0.1, 0.15) is 0 Å². The highest BCUT2D eigenvalue weighted by Gasteiger charge is 2.59. The second-order valence-corrected chi connectivity index (χ2v) is 13.1. The van der Waals surface area contributed by atoms with Crippen LogP contribution in [0.15, 0.2) is 23.8 Å². The predicted molar refractivity (Wildman–Crippen MR) is 139 cm³/mol. The fraction of sp³-hybridized carbons (Fsp3) is 0.871. The highest BCUT2D eigenvalue weighted by atomic mass is 16.5. The van der Waals surface area contributed by atoms with Crippen molar-refractivity contribution < 1.29 is 9.84 Å². The Bertz CT molecular complexity index is 708. The van der Waals surface area contributed by atoms with Crippen LogP contribution < -0.4 is 0 Å². The highest BCUT2D eigenvalue weighted by molar-refractivity contribution is 5.25. The molecule has 4 aliphatic carbocycles. The molecule has 0 spiro atoms. The molecule has 3 saturated carbocycles. The van der Waals surface area contributed by atoms with Crippen LogP contribution in [0.2, 0.25) is 0 Å². The van der Waals surface area contributed by atoms with E-state index in [0.29, 0.717) is 23.5 Å². The maximum Gasteiger partial charge on any atom is 0.0652 e. The van der Waals surface area contributed by atoms with Crippen LogP contribution in [0.1, 0.15) is 105 Å². The molecule has 0 aromatic rings. The van der Waals surface area contributed by atoms with Gasteiger partial charge >= 0.3 is 0 Å². The Kier molecular flexibility index (Phi) is 8.16. The van der Waals surface area contributed by atoms with E-state index >= 15 is 0 Å². The van der Waals surface area contributed by atoms with Gasteiger partial charge in [0, 0.05) is 0 Å². The second kappa shape index (κ2) is 10.6. The van der Waals surface area contributed by atoms with Gasteiger partial charge in [-0.25, -0.2) is 0 Å². The number of ether oxygens (including phenoxy) is 1. The number of fused-ring (bicyclic) bond motifs is 5. The minimum atomic E-state index is 0.109. The average Bonchev–Trinajstić information content (AvgIpc) is 3.14. The summed E-state index contributed by atoms with van der Waals surface area (Å²) in [4.78, 5) is 0. The molecule has 0 radical (unpaired) electrons. The summed E-state index contributed by atoms with van der Waals surface area (Å²) in [6.07, 6.45) is 21.9. The molecule has 0 aliphatic heterocycles. The first-order valence-corrected chi connectivity index (χ1v) is 14.4. The van der Waals surface area contributed by atoms with E-state index in [-0.39, 0.29) is 6.61 Å². The normalized spacial score (nSPS) is 41.5. The number of hydrogen-bond acceptors (Lipinski definition) is 2. The quantitative estimate of drug-likeness (QED) is 0.357. The zero-order valence-electron chi connectivity index (χ0n) is 22.3. The Labute approximate surface area is 204 Å². The second-order valence-electron chi connectivity index (χ2n) is 13.1. The van der Waals surface area contributed by atoms with E-state index in [1.165, 1.54) is 64.2 Å². The third-order valence-electron chi connectivity index (χ3n) is 11.0. The number of hydrogen-bond donors (Lipinski definition) is 1. The Morgan fingerprint density at radius 3 is 2.61 bits per heavy atom. The number of aliphatic hydroxyl groups is 1. The largest absolute Gasteiger partial charge is 0.392 e. The molecule has 33 heavy (non-hydrogen) atoms. The molecule has 188 valence electrons. The molecule has 0 amide bonds. The van der Waals surface area contributed by atoms with Gasteiger partial charge in [0.25, 0.3) is 0 Å². The van der Waals surface area contributed by atoms with E-state index in [2.05, 4.69) is 40.7 Å². The lowest BCUT2D eigenvalue weighted by Gasteiger charge is -2.58. The Morgan fingerprint density at radius 2 is 1.85 bits per heavy atom. The summed E-state index contributed by atoms with van der Waals surface area (Å²) in [6.45, 7) is 13.4. The van der Waals surface area contributed by atoms with E-state index in [1.807, 2.05) is 6.08 Å². The van der Waals surface area contributed by atoms with Crippen LogP contribution in [-0.4, -0.2) is 24.4 Å². The van der Waals surface area contributed by atoms with E-state index < -0.39 is 0 Å². The molecule has 8 atom stereocenters. The lowest BCUT2D eigenvalue weighted by atomic mass is 9.47. The zero-order valence-corrected chi connectivity index (χ0v) is 22.3. The van der Waals surface area contributed by atoms with Crippen LogP contribution in [-0.2, 0) is 4.74 Å². The zero-order chi connectivity index (χ0) is 23.6. The van der Waals surface area contributed by atoms with Crippen molar-refractivity contribution in [2.24, 2.45) is 46.3 Å². The van der Waals surface area contributed by atoms with E-state index in [0.717, 1.165) is 41.9 Å². The Hall–Kier alpha value is -0.600. The summed E-state index contributed by atoms with van der Waals surface area (Å²) in [7, 11) is 0. The summed E-state index contributed by atoms with van der Waals surface area (Å²) in [5.41, 5.74) is 2.71. The fourth-order valence-corrected chi connectivity index (χ4v) is 9.13. The lowest BCUT2D eigenvalue weighted by molar-refractivity contribution is -0.0621.